The number of carbonyl (C=O) groups is 1. The summed E-state index contributed by atoms with van der Waals surface area (Å²) in [6.07, 6.45) is 0.301. The number of para-hydroxylation sites is 1. The van der Waals surface area contributed by atoms with E-state index in [1.165, 1.54) is 0 Å². The zero-order valence-electron chi connectivity index (χ0n) is 15.1. The summed E-state index contributed by atoms with van der Waals surface area (Å²) in [5.74, 6) is 0.437. The van der Waals surface area contributed by atoms with Crippen LogP contribution in [0.2, 0.25) is 0 Å². The fraction of sp³-hybridized carbons (Fsp3) is 0.190. The number of aryl methyl sites for hydroxylation is 3. The van der Waals surface area contributed by atoms with Crippen molar-refractivity contribution in [2.24, 2.45) is 0 Å². The van der Waals surface area contributed by atoms with Crippen molar-refractivity contribution >= 4 is 33.7 Å². The lowest BCUT2D eigenvalue weighted by Crippen LogP contribution is -2.15. The van der Waals surface area contributed by atoms with Crippen LogP contribution in [0.25, 0.3) is 21.9 Å². The van der Waals surface area contributed by atoms with Gasteiger partial charge in [-0.15, -0.1) is 0 Å². The molecular weight excluding hydrogens is 324 g/mol. The van der Waals surface area contributed by atoms with E-state index in [0.717, 1.165) is 38.8 Å². The first-order valence-corrected chi connectivity index (χ1v) is 8.62. The molecule has 3 heterocycles. The average molecular weight is 344 g/mol. The monoisotopic (exact) mass is 344 g/mol. The molecular formula is C21H20N4O. The van der Waals surface area contributed by atoms with Gasteiger partial charge in [0.25, 0.3) is 0 Å². The largest absolute Gasteiger partial charge is 0.358 e. The number of rotatable bonds is 3. The van der Waals surface area contributed by atoms with E-state index in [-0.39, 0.29) is 5.91 Å². The Kier molecular flexibility index (Phi) is 3.92. The number of H-pyrrole nitrogens is 1. The number of anilines is 1. The molecule has 4 rings (SSSR count). The normalized spacial score (nSPS) is 11.2. The topological polar surface area (TPSA) is 70.7 Å². The van der Waals surface area contributed by atoms with Crippen LogP contribution in [0.3, 0.4) is 0 Å². The van der Waals surface area contributed by atoms with Gasteiger partial charge in [-0.1, -0.05) is 18.2 Å². The number of hydrogen-bond acceptors (Lipinski definition) is 3. The van der Waals surface area contributed by atoms with Crippen LogP contribution in [0, 0.1) is 20.8 Å². The van der Waals surface area contributed by atoms with Gasteiger partial charge in [-0.2, -0.15) is 0 Å². The minimum absolute atomic E-state index is 0.0888. The summed E-state index contributed by atoms with van der Waals surface area (Å²) in [6, 6.07) is 13.8. The highest BCUT2D eigenvalue weighted by Gasteiger charge is 2.13. The number of hydrogen-bond donors (Lipinski definition) is 2. The van der Waals surface area contributed by atoms with E-state index in [2.05, 4.69) is 20.3 Å². The highest BCUT2D eigenvalue weighted by atomic mass is 16.1. The maximum absolute atomic E-state index is 12.6. The Morgan fingerprint density at radius 2 is 1.85 bits per heavy atom. The number of pyridine rings is 2. The van der Waals surface area contributed by atoms with Crippen molar-refractivity contribution in [2.75, 3.05) is 5.32 Å². The van der Waals surface area contributed by atoms with Crippen molar-refractivity contribution in [3.05, 3.63) is 65.0 Å². The molecule has 0 aliphatic carbocycles. The molecule has 0 aliphatic rings. The Balaban J connectivity index is 1.60. The maximum Gasteiger partial charge on any atom is 0.230 e. The molecule has 2 N–H and O–H groups in total. The third-order valence-electron chi connectivity index (χ3n) is 4.64. The molecule has 130 valence electrons. The molecule has 5 heteroatoms. The van der Waals surface area contributed by atoms with Gasteiger partial charge in [0.2, 0.25) is 5.91 Å². The standard InChI is InChI=1S/C21H20N4O/c1-12-10-13(2)22-21-15(12)8-9-19(25-21)24-20(26)11-17-14(3)23-18-7-5-4-6-16(17)18/h4-10,23H,11H2,1-3H3,(H,22,24,25,26). The van der Waals surface area contributed by atoms with Crippen LogP contribution in [-0.4, -0.2) is 20.9 Å². The molecule has 0 radical (unpaired) electrons. The van der Waals surface area contributed by atoms with Crippen LogP contribution < -0.4 is 5.32 Å². The molecule has 0 bridgehead atoms. The first-order valence-electron chi connectivity index (χ1n) is 8.62. The number of benzene rings is 1. The minimum atomic E-state index is -0.0888. The SMILES string of the molecule is Cc1cc(C)c2ccc(NC(=O)Cc3c(C)[nH]c4ccccc34)nc2n1. The van der Waals surface area contributed by atoms with E-state index in [4.69, 9.17) is 0 Å². The number of aromatic amines is 1. The Morgan fingerprint density at radius 1 is 1.04 bits per heavy atom. The first kappa shape index (κ1) is 16.3. The van der Waals surface area contributed by atoms with Gasteiger partial charge in [-0.3, -0.25) is 4.79 Å². The summed E-state index contributed by atoms with van der Waals surface area (Å²) in [4.78, 5) is 24.9. The molecule has 0 saturated heterocycles. The van der Waals surface area contributed by atoms with E-state index in [9.17, 15) is 4.79 Å². The highest BCUT2D eigenvalue weighted by molar-refractivity contribution is 5.96. The Bertz CT molecular complexity index is 1140. The lowest BCUT2D eigenvalue weighted by atomic mass is 10.1. The van der Waals surface area contributed by atoms with Crippen molar-refractivity contribution in [1.29, 1.82) is 0 Å². The van der Waals surface area contributed by atoms with Gasteiger partial charge in [0.1, 0.15) is 5.82 Å². The fourth-order valence-corrected chi connectivity index (χ4v) is 3.41. The summed E-state index contributed by atoms with van der Waals surface area (Å²) in [5, 5.41) is 4.98. The van der Waals surface area contributed by atoms with Crippen molar-refractivity contribution in [3.63, 3.8) is 0 Å². The average Bonchev–Trinajstić information content (AvgIpc) is 2.90. The number of aromatic nitrogens is 3. The third-order valence-corrected chi connectivity index (χ3v) is 4.64. The second-order valence-electron chi connectivity index (χ2n) is 6.65. The summed E-state index contributed by atoms with van der Waals surface area (Å²) < 4.78 is 0. The quantitative estimate of drug-likeness (QED) is 0.584. The van der Waals surface area contributed by atoms with Gasteiger partial charge in [0.05, 0.1) is 6.42 Å². The smallest absolute Gasteiger partial charge is 0.230 e. The van der Waals surface area contributed by atoms with Crippen LogP contribution >= 0.6 is 0 Å². The molecule has 1 amide bonds. The van der Waals surface area contributed by atoms with Gasteiger partial charge in [-0.05, 0) is 56.2 Å². The number of nitrogens with one attached hydrogen (secondary N) is 2. The van der Waals surface area contributed by atoms with Gasteiger partial charge < -0.3 is 10.3 Å². The van der Waals surface area contributed by atoms with Crippen molar-refractivity contribution in [2.45, 2.75) is 27.2 Å². The predicted octanol–water partition coefficient (Wildman–Crippen LogP) is 4.22. The third kappa shape index (κ3) is 2.92. The molecule has 1 aromatic carbocycles. The Labute approximate surface area is 151 Å². The summed E-state index contributed by atoms with van der Waals surface area (Å²) in [5.41, 5.74) is 5.78. The molecule has 0 aliphatic heterocycles. The van der Waals surface area contributed by atoms with Crippen LogP contribution in [0.15, 0.2) is 42.5 Å². The second-order valence-corrected chi connectivity index (χ2v) is 6.65. The molecule has 0 spiro atoms. The Morgan fingerprint density at radius 3 is 2.69 bits per heavy atom. The van der Waals surface area contributed by atoms with Crippen molar-refractivity contribution in [1.82, 2.24) is 15.0 Å². The molecule has 0 saturated carbocycles. The fourth-order valence-electron chi connectivity index (χ4n) is 3.41. The summed E-state index contributed by atoms with van der Waals surface area (Å²) in [6.45, 7) is 5.97. The summed E-state index contributed by atoms with van der Waals surface area (Å²) in [7, 11) is 0. The second kappa shape index (κ2) is 6.26. The molecule has 0 atom stereocenters. The van der Waals surface area contributed by atoms with E-state index in [0.29, 0.717) is 17.9 Å². The minimum Gasteiger partial charge on any atom is -0.358 e. The van der Waals surface area contributed by atoms with Gasteiger partial charge in [0.15, 0.2) is 5.65 Å². The van der Waals surface area contributed by atoms with Crippen LogP contribution in [0.1, 0.15) is 22.5 Å². The van der Waals surface area contributed by atoms with Gasteiger partial charge in [0, 0.05) is 27.7 Å². The molecule has 26 heavy (non-hydrogen) atoms. The van der Waals surface area contributed by atoms with Gasteiger partial charge >= 0.3 is 0 Å². The number of carbonyl (C=O) groups excluding carboxylic acids is 1. The molecule has 4 aromatic rings. The number of fused-ring (bicyclic) bond motifs is 2. The zero-order valence-corrected chi connectivity index (χ0v) is 15.1. The predicted molar refractivity (Wildman–Crippen MR) is 104 cm³/mol. The summed E-state index contributed by atoms with van der Waals surface area (Å²) >= 11 is 0. The molecule has 0 fully saturated rings. The molecule has 5 nitrogen and oxygen atoms in total. The van der Waals surface area contributed by atoms with E-state index < -0.39 is 0 Å². The number of amides is 1. The Hall–Kier alpha value is -3.21. The van der Waals surface area contributed by atoms with Crippen molar-refractivity contribution < 1.29 is 4.79 Å². The lowest BCUT2D eigenvalue weighted by molar-refractivity contribution is -0.115. The molecule has 3 aromatic heterocycles. The van der Waals surface area contributed by atoms with E-state index in [1.807, 2.05) is 63.2 Å². The van der Waals surface area contributed by atoms with E-state index >= 15 is 0 Å². The van der Waals surface area contributed by atoms with Crippen LogP contribution in [0.5, 0.6) is 0 Å². The van der Waals surface area contributed by atoms with Crippen LogP contribution in [-0.2, 0) is 11.2 Å². The molecule has 0 unspecified atom stereocenters. The van der Waals surface area contributed by atoms with Crippen molar-refractivity contribution in [3.8, 4) is 0 Å². The maximum atomic E-state index is 12.6. The number of nitrogens with zero attached hydrogens (tertiary/aromatic N) is 2. The van der Waals surface area contributed by atoms with Crippen LogP contribution in [0.4, 0.5) is 5.82 Å². The zero-order chi connectivity index (χ0) is 18.3. The van der Waals surface area contributed by atoms with Gasteiger partial charge in [-0.25, -0.2) is 9.97 Å². The van der Waals surface area contributed by atoms with E-state index in [1.54, 1.807) is 0 Å². The lowest BCUT2D eigenvalue weighted by Gasteiger charge is -2.08. The first-order chi connectivity index (χ1) is 12.5. The highest BCUT2D eigenvalue weighted by Crippen LogP contribution is 2.23.